The van der Waals surface area contributed by atoms with Crippen molar-refractivity contribution in [2.75, 3.05) is 13.3 Å². The van der Waals surface area contributed by atoms with Gasteiger partial charge in [-0.1, -0.05) is 39.2 Å². The normalized spacial score (nSPS) is 12.6. The van der Waals surface area contributed by atoms with Gasteiger partial charge in [0.25, 0.3) is 11.8 Å². The van der Waals surface area contributed by atoms with Gasteiger partial charge >= 0.3 is 24.0 Å². The molecule has 3 atom stereocenters. The number of amides is 5. The zero-order chi connectivity index (χ0) is 40.6. The van der Waals surface area contributed by atoms with Crippen LogP contribution in [-0.4, -0.2) is 99.4 Å². The molecule has 0 bridgehead atoms. The van der Waals surface area contributed by atoms with Gasteiger partial charge in [-0.3, -0.25) is 24.0 Å². The number of hydroxylamine groups is 2. The molecule has 2 rings (SSSR count). The number of aliphatic carboxylic acids is 3. The van der Waals surface area contributed by atoms with Crippen LogP contribution in [0.1, 0.15) is 94.1 Å². The largest absolute Gasteiger partial charge is 0.481 e. The van der Waals surface area contributed by atoms with Crippen molar-refractivity contribution in [3.05, 3.63) is 41.7 Å². The van der Waals surface area contributed by atoms with Crippen molar-refractivity contribution < 1.29 is 67.7 Å². The summed E-state index contributed by atoms with van der Waals surface area (Å²) < 4.78 is 10.9. The SMILES string of the molecule is CCCCCC(C(=O)NCNC(=O)c1ccc(-c2ccc(C(=O)NC(CC(=O)O)C(=O)O)c(OCC(=O)O)c2)o1)C(CC)N(C=O)OC(=O)NC(C)(C)C. The molecule has 296 valence electrons. The molecule has 0 saturated carbocycles. The number of hydrogen-bond donors (Lipinski definition) is 7. The second-order valence-electron chi connectivity index (χ2n) is 13.0. The van der Waals surface area contributed by atoms with Gasteiger partial charge in [-0.25, -0.2) is 14.4 Å². The first-order valence-electron chi connectivity index (χ1n) is 17.0. The summed E-state index contributed by atoms with van der Waals surface area (Å²) >= 11 is 0. The highest BCUT2D eigenvalue weighted by atomic mass is 16.7. The molecule has 5 amide bonds. The molecule has 7 N–H and O–H groups in total. The van der Waals surface area contributed by atoms with Crippen LogP contribution in [0, 0.1) is 5.92 Å². The van der Waals surface area contributed by atoms with Crippen LogP contribution < -0.4 is 26.0 Å². The van der Waals surface area contributed by atoms with Crippen LogP contribution in [0.15, 0.2) is 34.7 Å². The Hall–Kier alpha value is -6.14. The van der Waals surface area contributed by atoms with Crippen LogP contribution in [0.5, 0.6) is 5.75 Å². The van der Waals surface area contributed by atoms with Gasteiger partial charge in [0.2, 0.25) is 12.3 Å². The second-order valence-corrected chi connectivity index (χ2v) is 13.0. The van der Waals surface area contributed by atoms with E-state index >= 15 is 0 Å². The van der Waals surface area contributed by atoms with E-state index in [1.54, 1.807) is 27.7 Å². The Balaban J connectivity index is 2.20. The second kappa shape index (κ2) is 20.8. The first-order chi connectivity index (χ1) is 25.4. The summed E-state index contributed by atoms with van der Waals surface area (Å²) in [6, 6.07) is 3.86. The Kier molecular flexibility index (Phi) is 16.9. The van der Waals surface area contributed by atoms with Gasteiger partial charge in [0, 0.05) is 11.1 Å². The summed E-state index contributed by atoms with van der Waals surface area (Å²) in [4.78, 5) is 102. The highest BCUT2D eigenvalue weighted by Crippen LogP contribution is 2.29. The molecule has 1 heterocycles. The number of benzene rings is 1. The summed E-state index contributed by atoms with van der Waals surface area (Å²) in [5, 5.41) is 38.0. The van der Waals surface area contributed by atoms with Crippen LogP contribution >= 0.6 is 0 Å². The number of carbonyl (C=O) groups excluding carboxylic acids is 5. The zero-order valence-corrected chi connectivity index (χ0v) is 30.6. The zero-order valence-electron chi connectivity index (χ0n) is 30.6. The maximum absolute atomic E-state index is 13.4. The highest BCUT2D eigenvalue weighted by Gasteiger charge is 2.34. The van der Waals surface area contributed by atoms with E-state index in [0.29, 0.717) is 19.3 Å². The fourth-order valence-electron chi connectivity index (χ4n) is 5.12. The summed E-state index contributed by atoms with van der Waals surface area (Å²) in [6.45, 7) is 7.72. The van der Waals surface area contributed by atoms with Crippen LogP contribution in [-0.2, 0) is 28.8 Å². The highest BCUT2D eigenvalue weighted by molar-refractivity contribution is 6.00. The molecular formula is C35H47N5O14. The molecule has 19 heteroatoms. The molecule has 0 fully saturated rings. The van der Waals surface area contributed by atoms with E-state index in [-0.39, 0.29) is 41.5 Å². The van der Waals surface area contributed by atoms with Crippen molar-refractivity contribution in [2.24, 2.45) is 5.92 Å². The van der Waals surface area contributed by atoms with Crippen molar-refractivity contribution in [1.82, 2.24) is 26.3 Å². The Bertz CT molecular complexity index is 1670. The molecule has 0 aliphatic carbocycles. The average molecular weight is 762 g/mol. The Morgan fingerprint density at radius 2 is 1.63 bits per heavy atom. The molecule has 0 aliphatic heterocycles. The van der Waals surface area contributed by atoms with Gasteiger partial charge in [0.05, 0.1) is 30.6 Å². The predicted molar refractivity (Wildman–Crippen MR) is 188 cm³/mol. The van der Waals surface area contributed by atoms with E-state index in [1.807, 2.05) is 6.92 Å². The van der Waals surface area contributed by atoms with Crippen molar-refractivity contribution in [2.45, 2.75) is 90.8 Å². The van der Waals surface area contributed by atoms with Crippen LogP contribution in [0.3, 0.4) is 0 Å². The van der Waals surface area contributed by atoms with E-state index in [0.717, 1.165) is 17.9 Å². The lowest BCUT2D eigenvalue weighted by atomic mass is 9.90. The Morgan fingerprint density at radius 1 is 0.926 bits per heavy atom. The molecule has 0 spiro atoms. The lowest BCUT2D eigenvalue weighted by Gasteiger charge is -2.32. The molecule has 3 unspecified atom stereocenters. The lowest BCUT2D eigenvalue weighted by molar-refractivity contribution is -0.169. The fourth-order valence-corrected chi connectivity index (χ4v) is 5.12. The number of nitrogens with one attached hydrogen (secondary N) is 4. The Labute approximate surface area is 310 Å². The fraction of sp³-hybridized carbons (Fsp3) is 0.486. The van der Waals surface area contributed by atoms with Crippen molar-refractivity contribution >= 4 is 48.1 Å². The number of hydrogen-bond acceptors (Lipinski definition) is 11. The topological polar surface area (TPSA) is 280 Å². The molecule has 0 aliphatic rings. The van der Waals surface area contributed by atoms with Gasteiger partial charge in [0.15, 0.2) is 12.4 Å². The first-order valence-corrected chi connectivity index (χ1v) is 17.0. The minimum Gasteiger partial charge on any atom is -0.481 e. The summed E-state index contributed by atoms with van der Waals surface area (Å²) in [5.74, 6) is -7.96. The number of ether oxygens (including phenoxy) is 1. The van der Waals surface area contributed by atoms with Crippen molar-refractivity contribution in [1.29, 1.82) is 0 Å². The molecule has 1 aromatic carbocycles. The van der Waals surface area contributed by atoms with Crippen molar-refractivity contribution in [3.63, 3.8) is 0 Å². The predicted octanol–water partition coefficient (Wildman–Crippen LogP) is 2.74. The van der Waals surface area contributed by atoms with E-state index < -0.39 is 78.3 Å². The third-order valence-electron chi connectivity index (χ3n) is 7.62. The molecule has 2 aromatic rings. The molecule has 0 saturated heterocycles. The molecule has 54 heavy (non-hydrogen) atoms. The third-order valence-corrected chi connectivity index (χ3v) is 7.62. The summed E-state index contributed by atoms with van der Waals surface area (Å²) in [6.07, 6.45) is 1.52. The molecule has 19 nitrogen and oxygen atoms in total. The number of rotatable bonds is 22. The summed E-state index contributed by atoms with van der Waals surface area (Å²) in [5.41, 5.74) is -0.717. The standard InChI is InChI=1S/C35H47N5O14/c1-6-8-9-10-21(24(7-2)40(19-41)54-34(51)39-35(3,4)5)30(46)36-18-37-32(48)26-14-13-25(53-26)20-11-12-22(27(15-20)52-17-29(44)45)31(47)38-23(33(49)50)16-28(42)43/h11-15,19,21,23-24H,6-10,16-18H2,1-5H3,(H,36,46)(H,37,48)(H,38,47)(H,39,51)(H,42,43)(H,44,45)(H,49,50). The summed E-state index contributed by atoms with van der Waals surface area (Å²) in [7, 11) is 0. The quantitative estimate of drug-likeness (QED) is 0.0393. The minimum absolute atomic E-state index is 0.0804. The maximum atomic E-state index is 13.4. The van der Waals surface area contributed by atoms with Gasteiger partial charge in [-0.05, 0) is 57.9 Å². The van der Waals surface area contributed by atoms with Crippen molar-refractivity contribution in [3.8, 4) is 17.1 Å². The van der Waals surface area contributed by atoms with Crippen LogP contribution in [0.4, 0.5) is 4.79 Å². The number of nitrogens with zero attached hydrogens (tertiary/aromatic N) is 1. The van der Waals surface area contributed by atoms with Crippen LogP contribution in [0.2, 0.25) is 0 Å². The van der Waals surface area contributed by atoms with Gasteiger partial charge in [-0.2, -0.15) is 5.06 Å². The average Bonchev–Trinajstić information content (AvgIpc) is 3.59. The number of unbranched alkanes of at least 4 members (excludes halogenated alkanes) is 2. The van der Waals surface area contributed by atoms with Crippen LogP contribution in [0.25, 0.3) is 11.3 Å². The molecule has 0 radical (unpaired) electrons. The number of furan rings is 1. The Morgan fingerprint density at radius 3 is 2.20 bits per heavy atom. The first kappa shape index (κ1) is 44.0. The van der Waals surface area contributed by atoms with E-state index in [2.05, 4.69) is 21.3 Å². The van der Waals surface area contributed by atoms with E-state index in [1.165, 1.54) is 30.3 Å². The monoisotopic (exact) mass is 761 g/mol. The smallest absolute Gasteiger partial charge is 0.432 e. The van der Waals surface area contributed by atoms with E-state index in [4.69, 9.17) is 24.2 Å². The number of carbonyl (C=O) groups is 8. The third kappa shape index (κ3) is 14.1. The number of carboxylic acid groups (broad SMARTS) is 3. The minimum atomic E-state index is -1.79. The molecular weight excluding hydrogens is 714 g/mol. The van der Waals surface area contributed by atoms with Gasteiger partial charge in [-0.15, -0.1) is 0 Å². The van der Waals surface area contributed by atoms with E-state index in [9.17, 15) is 43.5 Å². The lowest BCUT2D eigenvalue weighted by Crippen LogP contribution is -2.51. The van der Waals surface area contributed by atoms with Gasteiger partial charge < -0.3 is 50.6 Å². The number of carboxylic acids is 3. The van der Waals surface area contributed by atoms with Gasteiger partial charge in [0.1, 0.15) is 17.6 Å². The maximum Gasteiger partial charge on any atom is 0.432 e. The molecule has 1 aromatic heterocycles.